The maximum absolute atomic E-state index is 12.6. The van der Waals surface area contributed by atoms with Gasteiger partial charge in [0.15, 0.2) is 5.78 Å². The first kappa shape index (κ1) is 19.4. The summed E-state index contributed by atoms with van der Waals surface area (Å²) < 4.78 is 10.4. The molecule has 1 N–H and O–H groups in total. The number of hydrogen-bond acceptors (Lipinski definition) is 6. The van der Waals surface area contributed by atoms with Gasteiger partial charge in [-0.3, -0.25) is 14.5 Å². The number of ketones is 1. The molecule has 0 aromatic rings. The number of likely N-dealkylation sites (tertiary alicyclic amines) is 1. The molecule has 23 heavy (non-hydrogen) atoms. The minimum absolute atomic E-state index is 0.105. The third-order valence-corrected chi connectivity index (χ3v) is 3.68. The lowest BCUT2D eigenvalue weighted by Crippen LogP contribution is -2.61. The molecule has 7 heteroatoms. The fourth-order valence-corrected chi connectivity index (χ4v) is 2.82. The fraction of sp³-hybridized carbons (Fsp3) is 0.812. The normalized spacial score (nSPS) is 25.2. The van der Waals surface area contributed by atoms with Gasteiger partial charge in [-0.15, -0.1) is 0 Å². The van der Waals surface area contributed by atoms with Crippen molar-refractivity contribution in [3.05, 3.63) is 0 Å². The predicted octanol–water partition coefficient (Wildman–Crippen LogP) is 1.35. The molecule has 0 aromatic carbocycles. The number of carbonyl (C=O) groups excluding carboxylic acids is 3. The van der Waals surface area contributed by atoms with Crippen LogP contribution in [0.3, 0.4) is 0 Å². The van der Waals surface area contributed by atoms with E-state index in [1.165, 1.54) is 4.90 Å². The monoisotopic (exact) mass is 328 g/mol. The van der Waals surface area contributed by atoms with Gasteiger partial charge < -0.3 is 14.8 Å². The Labute approximate surface area is 137 Å². The number of rotatable bonds is 4. The number of nitrogens with zero attached hydrogens (tertiary/aromatic N) is 1. The van der Waals surface area contributed by atoms with Crippen LogP contribution in [-0.4, -0.2) is 60.6 Å². The second kappa shape index (κ2) is 7.77. The zero-order valence-corrected chi connectivity index (χ0v) is 14.8. The van der Waals surface area contributed by atoms with Crippen molar-refractivity contribution in [1.29, 1.82) is 0 Å². The van der Waals surface area contributed by atoms with E-state index in [9.17, 15) is 14.4 Å². The van der Waals surface area contributed by atoms with Crippen LogP contribution in [0, 0.1) is 5.92 Å². The highest BCUT2D eigenvalue weighted by Crippen LogP contribution is 2.28. The van der Waals surface area contributed by atoms with Gasteiger partial charge in [0.05, 0.1) is 18.7 Å². The summed E-state index contributed by atoms with van der Waals surface area (Å²) >= 11 is 0. The standard InChI is InChI=1S/C16H28N2O5/c1-7-22-14(20)13-10(2)18(15(21)23-16(3,4)5)11(9-17-6)8-12(13)19/h10-11,13,17H,7-9H2,1-6H3. The Morgan fingerprint density at radius 1 is 1.35 bits per heavy atom. The quantitative estimate of drug-likeness (QED) is 0.619. The van der Waals surface area contributed by atoms with E-state index in [1.807, 2.05) is 0 Å². The molecule has 0 aromatic heterocycles. The maximum atomic E-state index is 12.6. The summed E-state index contributed by atoms with van der Waals surface area (Å²) in [7, 11) is 1.75. The second-order valence-corrected chi connectivity index (χ2v) is 6.74. The number of piperidine rings is 1. The van der Waals surface area contributed by atoms with Crippen molar-refractivity contribution in [1.82, 2.24) is 10.2 Å². The summed E-state index contributed by atoms with van der Waals surface area (Å²) in [5.74, 6) is -1.74. The predicted molar refractivity (Wildman–Crippen MR) is 85.0 cm³/mol. The van der Waals surface area contributed by atoms with E-state index in [0.29, 0.717) is 6.54 Å². The Hall–Kier alpha value is -1.63. The van der Waals surface area contributed by atoms with E-state index in [2.05, 4.69) is 5.32 Å². The fourth-order valence-electron chi connectivity index (χ4n) is 2.82. The molecule has 1 aliphatic heterocycles. The van der Waals surface area contributed by atoms with Crippen molar-refractivity contribution in [2.45, 2.75) is 58.7 Å². The smallest absolute Gasteiger partial charge is 0.410 e. The number of esters is 1. The van der Waals surface area contributed by atoms with Gasteiger partial charge in [0.2, 0.25) is 0 Å². The Kier molecular flexibility index (Phi) is 6.56. The molecule has 0 spiro atoms. The summed E-state index contributed by atoms with van der Waals surface area (Å²) in [5, 5.41) is 2.98. The van der Waals surface area contributed by atoms with Gasteiger partial charge in [-0.2, -0.15) is 0 Å². The van der Waals surface area contributed by atoms with Crippen LogP contribution in [0.25, 0.3) is 0 Å². The second-order valence-electron chi connectivity index (χ2n) is 6.74. The number of carbonyl (C=O) groups is 3. The number of Topliss-reactive ketones (excluding diaryl/α,β-unsaturated/α-hetero) is 1. The minimum atomic E-state index is -0.962. The first-order valence-corrected chi connectivity index (χ1v) is 7.97. The van der Waals surface area contributed by atoms with Crippen molar-refractivity contribution < 1.29 is 23.9 Å². The Balaban J connectivity index is 3.06. The van der Waals surface area contributed by atoms with Crippen LogP contribution in [0.2, 0.25) is 0 Å². The summed E-state index contributed by atoms with van der Waals surface area (Å²) in [5.41, 5.74) is -0.651. The molecule has 1 rings (SSSR count). The highest BCUT2D eigenvalue weighted by atomic mass is 16.6. The lowest BCUT2D eigenvalue weighted by molar-refractivity contribution is -0.157. The molecule has 0 aliphatic carbocycles. The molecule has 7 nitrogen and oxygen atoms in total. The van der Waals surface area contributed by atoms with E-state index in [0.717, 1.165) is 0 Å². The average Bonchev–Trinajstić information content (AvgIpc) is 2.36. The van der Waals surface area contributed by atoms with E-state index in [4.69, 9.17) is 9.47 Å². The average molecular weight is 328 g/mol. The summed E-state index contributed by atoms with van der Waals surface area (Å²) in [6.45, 7) is 9.35. The SMILES string of the molecule is CCOC(=O)C1C(=O)CC(CNC)N(C(=O)OC(C)(C)C)C1C. The van der Waals surface area contributed by atoms with Crippen molar-refractivity contribution >= 4 is 17.8 Å². The molecule has 0 radical (unpaired) electrons. The van der Waals surface area contributed by atoms with Gasteiger partial charge in [-0.1, -0.05) is 0 Å². The van der Waals surface area contributed by atoms with Gasteiger partial charge in [-0.25, -0.2) is 4.79 Å². The Bertz CT molecular complexity index is 458. The molecule has 1 aliphatic rings. The molecule has 1 amide bonds. The largest absolute Gasteiger partial charge is 0.465 e. The van der Waals surface area contributed by atoms with Crippen molar-refractivity contribution in [3.63, 3.8) is 0 Å². The highest BCUT2D eigenvalue weighted by Gasteiger charge is 2.47. The summed E-state index contributed by atoms with van der Waals surface area (Å²) in [4.78, 5) is 38.5. The molecular formula is C16H28N2O5. The highest BCUT2D eigenvalue weighted by molar-refractivity contribution is 6.01. The van der Waals surface area contributed by atoms with Crippen LogP contribution in [0.4, 0.5) is 4.79 Å². The summed E-state index contributed by atoms with van der Waals surface area (Å²) in [6.07, 6.45) is -0.416. The molecular weight excluding hydrogens is 300 g/mol. The molecule has 3 unspecified atom stereocenters. The molecule has 132 valence electrons. The number of likely N-dealkylation sites (N-methyl/N-ethyl adjacent to an activating group) is 1. The Morgan fingerprint density at radius 3 is 2.43 bits per heavy atom. The van der Waals surface area contributed by atoms with Gasteiger partial charge in [0.25, 0.3) is 0 Å². The van der Waals surface area contributed by atoms with Crippen LogP contribution in [0.1, 0.15) is 41.0 Å². The zero-order valence-electron chi connectivity index (χ0n) is 14.8. The molecule has 1 saturated heterocycles. The maximum Gasteiger partial charge on any atom is 0.410 e. The molecule has 3 atom stereocenters. The van der Waals surface area contributed by atoms with E-state index in [1.54, 1.807) is 41.7 Å². The van der Waals surface area contributed by atoms with Crippen LogP contribution >= 0.6 is 0 Å². The van der Waals surface area contributed by atoms with Gasteiger partial charge in [0, 0.05) is 13.0 Å². The van der Waals surface area contributed by atoms with Crippen molar-refractivity contribution in [2.75, 3.05) is 20.2 Å². The first-order valence-electron chi connectivity index (χ1n) is 7.97. The van der Waals surface area contributed by atoms with Crippen molar-refractivity contribution in [3.8, 4) is 0 Å². The van der Waals surface area contributed by atoms with Crippen LogP contribution < -0.4 is 5.32 Å². The third kappa shape index (κ3) is 4.92. The minimum Gasteiger partial charge on any atom is -0.465 e. The third-order valence-electron chi connectivity index (χ3n) is 3.68. The number of nitrogens with one attached hydrogen (secondary N) is 1. The zero-order chi connectivity index (χ0) is 17.8. The van der Waals surface area contributed by atoms with Gasteiger partial charge in [0.1, 0.15) is 11.5 Å². The lowest BCUT2D eigenvalue weighted by Gasteiger charge is -2.43. The van der Waals surface area contributed by atoms with E-state index in [-0.39, 0.29) is 24.9 Å². The van der Waals surface area contributed by atoms with Crippen LogP contribution in [0.15, 0.2) is 0 Å². The van der Waals surface area contributed by atoms with Crippen LogP contribution in [-0.2, 0) is 19.1 Å². The van der Waals surface area contributed by atoms with Crippen molar-refractivity contribution in [2.24, 2.45) is 5.92 Å². The topological polar surface area (TPSA) is 84.9 Å². The molecule has 1 heterocycles. The summed E-state index contributed by atoms with van der Waals surface area (Å²) in [6, 6.07) is -0.952. The molecule has 0 saturated carbocycles. The van der Waals surface area contributed by atoms with Gasteiger partial charge in [-0.05, 0) is 41.7 Å². The molecule has 1 fully saturated rings. The number of hydrogen-bond donors (Lipinski definition) is 1. The van der Waals surface area contributed by atoms with Gasteiger partial charge >= 0.3 is 12.1 Å². The number of ether oxygens (including phenoxy) is 2. The van der Waals surface area contributed by atoms with E-state index < -0.39 is 29.6 Å². The number of amides is 1. The van der Waals surface area contributed by atoms with E-state index >= 15 is 0 Å². The molecule has 0 bridgehead atoms. The van der Waals surface area contributed by atoms with Crippen LogP contribution in [0.5, 0.6) is 0 Å². The first-order chi connectivity index (χ1) is 10.6. The lowest BCUT2D eigenvalue weighted by atomic mass is 9.85. The Morgan fingerprint density at radius 2 is 1.96 bits per heavy atom.